The Bertz CT molecular complexity index is 913. The molecule has 0 unspecified atom stereocenters. The zero-order valence-corrected chi connectivity index (χ0v) is 19.2. The molecule has 6 heteroatoms. The SMILES string of the molecule is CC(C)(C)c1ccc(C(=O)NCC(=O)NCC2(c3cccc(Cl)c3)CCOCC2)cc1. The van der Waals surface area contributed by atoms with E-state index in [9.17, 15) is 9.59 Å². The summed E-state index contributed by atoms with van der Waals surface area (Å²) in [7, 11) is 0. The number of amides is 2. The lowest BCUT2D eigenvalue weighted by molar-refractivity contribution is -0.120. The van der Waals surface area contributed by atoms with Crippen LogP contribution in [0.1, 0.15) is 55.1 Å². The maximum atomic E-state index is 12.5. The van der Waals surface area contributed by atoms with Crippen LogP contribution in [0.25, 0.3) is 0 Å². The standard InChI is InChI=1S/C25H31ClN2O3/c1-24(2,3)19-9-7-18(8-10-19)23(30)27-16-22(29)28-17-25(11-13-31-14-12-25)20-5-4-6-21(26)15-20/h4-10,15H,11-14,16-17H2,1-3H3,(H,27,30)(H,28,29). The zero-order chi connectivity index (χ0) is 22.5. The predicted octanol–water partition coefficient (Wildman–Crippen LogP) is 4.23. The highest BCUT2D eigenvalue weighted by atomic mass is 35.5. The van der Waals surface area contributed by atoms with Crippen LogP contribution in [0.3, 0.4) is 0 Å². The second-order valence-electron chi connectivity index (χ2n) is 9.19. The van der Waals surface area contributed by atoms with Crippen LogP contribution < -0.4 is 10.6 Å². The smallest absolute Gasteiger partial charge is 0.251 e. The molecule has 0 spiro atoms. The number of benzene rings is 2. The van der Waals surface area contributed by atoms with Crippen LogP contribution in [-0.2, 0) is 20.4 Å². The molecule has 5 nitrogen and oxygen atoms in total. The molecule has 1 saturated heterocycles. The molecule has 166 valence electrons. The molecule has 0 aliphatic carbocycles. The van der Waals surface area contributed by atoms with Gasteiger partial charge in [-0.15, -0.1) is 0 Å². The molecule has 1 heterocycles. The minimum Gasteiger partial charge on any atom is -0.381 e. The number of hydrogen-bond acceptors (Lipinski definition) is 3. The van der Waals surface area contributed by atoms with Gasteiger partial charge < -0.3 is 15.4 Å². The summed E-state index contributed by atoms with van der Waals surface area (Å²) in [4.78, 5) is 24.9. The van der Waals surface area contributed by atoms with Crippen LogP contribution in [-0.4, -0.2) is 38.1 Å². The zero-order valence-electron chi connectivity index (χ0n) is 18.5. The van der Waals surface area contributed by atoms with Gasteiger partial charge >= 0.3 is 0 Å². The van der Waals surface area contributed by atoms with E-state index >= 15 is 0 Å². The topological polar surface area (TPSA) is 67.4 Å². The minimum atomic E-state index is -0.258. The van der Waals surface area contributed by atoms with Crippen LogP contribution >= 0.6 is 11.6 Å². The van der Waals surface area contributed by atoms with Gasteiger partial charge in [0.25, 0.3) is 5.91 Å². The minimum absolute atomic E-state index is 0.0258. The van der Waals surface area contributed by atoms with Gasteiger partial charge in [0.15, 0.2) is 0 Å². The van der Waals surface area contributed by atoms with Gasteiger partial charge in [0.1, 0.15) is 0 Å². The number of ether oxygens (including phenoxy) is 1. The van der Waals surface area contributed by atoms with Gasteiger partial charge in [-0.2, -0.15) is 0 Å². The van der Waals surface area contributed by atoms with Gasteiger partial charge in [-0.25, -0.2) is 0 Å². The Morgan fingerprint density at radius 3 is 2.32 bits per heavy atom. The Morgan fingerprint density at radius 1 is 1.03 bits per heavy atom. The Hall–Kier alpha value is -2.37. The summed E-state index contributed by atoms with van der Waals surface area (Å²) in [6.45, 7) is 8.07. The fourth-order valence-corrected chi connectivity index (χ4v) is 4.05. The van der Waals surface area contributed by atoms with E-state index in [1.54, 1.807) is 12.1 Å². The van der Waals surface area contributed by atoms with Crippen molar-refractivity contribution in [3.8, 4) is 0 Å². The molecule has 2 aromatic carbocycles. The van der Waals surface area contributed by atoms with Crippen molar-refractivity contribution in [2.75, 3.05) is 26.3 Å². The Balaban J connectivity index is 1.56. The van der Waals surface area contributed by atoms with Crippen LogP contribution in [0.2, 0.25) is 5.02 Å². The van der Waals surface area contributed by atoms with E-state index in [1.165, 1.54) is 0 Å². The summed E-state index contributed by atoms with van der Waals surface area (Å²) < 4.78 is 5.54. The number of rotatable bonds is 6. The molecule has 2 N–H and O–H groups in total. The van der Waals surface area contributed by atoms with E-state index in [2.05, 4.69) is 31.4 Å². The third kappa shape index (κ3) is 6.08. The van der Waals surface area contributed by atoms with Gasteiger partial charge in [0, 0.05) is 35.8 Å². The van der Waals surface area contributed by atoms with E-state index in [1.807, 2.05) is 36.4 Å². The van der Waals surface area contributed by atoms with Crippen LogP contribution in [0, 0.1) is 0 Å². The summed E-state index contributed by atoms with van der Waals surface area (Å²) in [5.41, 5.74) is 2.61. The Kier molecular flexibility index (Phi) is 7.39. The van der Waals surface area contributed by atoms with E-state index in [0.717, 1.165) is 24.0 Å². The largest absolute Gasteiger partial charge is 0.381 e. The van der Waals surface area contributed by atoms with E-state index in [4.69, 9.17) is 16.3 Å². The van der Waals surface area contributed by atoms with Crippen molar-refractivity contribution in [2.45, 2.75) is 44.4 Å². The van der Waals surface area contributed by atoms with Crippen molar-refractivity contribution >= 4 is 23.4 Å². The molecule has 0 atom stereocenters. The van der Waals surface area contributed by atoms with Crippen LogP contribution in [0.5, 0.6) is 0 Å². The Morgan fingerprint density at radius 2 is 1.71 bits per heavy atom. The summed E-state index contributed by atoms with van der Waals surface area (Å²) in [5, 5.41) is 6.38. The molecule has 31 heavy (non-hydrogen) atoms. The lowest BCUT2D eigenvalue weighted by atomic mass is 9.74. The summed E-state index contributed by atoms with van der Waals surface area (Å²) in [6.07, 6.45) is 1.61. The molecule has 1 fully saturated rings. The van der Waals surface area contributed by atoms with Gasteiger partial charge in [-0.05, 0) is 53.6 Å². The van der Waals surface area contributed by atoms with Crippen LogP contribution in [0.4, 0.5) is 0 Å². The average molecular weight is 443 g/mol. The summed E-state index contributed by atoms with van der Waals surface area (Å²) >= 11 is 6.20. The molecule has 2 amide bonds. The second kappa shape index (κ2) is 9.84. The van der Waals surface area contributed by atoms with Crippen molar-refractivity contribution in [3.05, 3.63) is 70.2 Å². The van der Waals surface area contributed by atoms with Crippen LogP contribution in [0.15, 0.2) is 48.5 Å². The quantitative estimate of drug-likeness (QED) is 0.703. The van der Waals surface area contributed by atoms with Gasteiger partial charge in [-0.3, -0.25) is 9.59 Å². The predicted molar refractivity (Wildman–Crippen MR) is 124 cm³/mol. The first-order valence-electron chi connectivity index (χ1n) is 10.7. The summed E-state index contributed by atoms with van der Waals surface area (Å²) in [5.74, 6) is -0.473. The molecule has 1 aliphatic heterocycles. The molecule has 0 bridgehead atoms. The normalized spacial score (nSPS) is 15.9. The first-order valence-corrected chi connectivity index (χ1v) is 11.1. The number of halogens is 1. The Labute approximate surface area is 189 Å². The lowest BCUT2D eigenvalue weighted by Crippen LogP contribution is -2.47. The van der Waals surface area contributed by atoms with Crippen molar-refractivity contribution in [3.63, 3.8) is 0 Å². The lowest BCUT2D eigenvalue weighted by Gasteiger charge is -2.38. The van der Waals surface area contributed by atoms with Gasteiger partial charge in [0.05, 0.1) is 6.54 Å². The van der Waals surface area contributed by atoms with Crippen molar-refractivity contribution in [2.24, 2.45) is 0 Å². The molecule has 0 aromatic heterocycles. The highest BCUT2D eigenvalue weighted by Gasteiger charge is 2.35. The number of carbonyl (C=O) groups excluding carboxylic acids is 2. The number of hydrogen-bond donors (Lipinski definition) is 2. The molecule has 1 aliphatic rings. The molecular weight excluding hydrogens is 412 g/mol. The molecule has 3 rings (SSSR count). The first-order chi connectivity index (χ1) is 14.7. The third-order valence-electron chi connectivity index (χ3n) is 5.93. The molecule has 2 aromatic rings. The summed E-state index contributed by atoms with van der Waals surface area (Å²) in [6, 6.07) is 15.3. The van der Waals surface area contributed by atoms with Gasteiger partial charge in [-0.1, -0.05) is 56.6 Å². The fraction of sp³-hybridized carbons (Fsp3) is 0.440. The highest BCUT2D eigenvalue weighted by Crippen LogP contribution is 2.35. The van der Waals surface area contributed by atoms with E-state index in [0.29, 0.717) is 30.3 Å². The molecule has 0 saturated carbocycles. The number of nitrogens with one attached hydrogen (secondary N) is 2. The first kappa shape index (κ1) is 23.3. The molecule has 0 radical (unpaired) electrons. The average Bonchev–Trinajstić information content (AvgIpc) is 2.76. The van der Waals surface area contributed by atoms with E-state index in [-0.39, 0.29) is 29.2 Å². The number of carbonyl (C=O) groups is 2. The highest BCUT2D eigenvalue weighted by molar-refractivity contribution is 6.30. The maximum Gasteiger partial charge on any atom is 0.251 e. The second-order valence-corrected chi connectivity index (χ2v) is 9.63. The fourth-order valence-electron chi connectivity index (χ4n) is 3.86. The van der Waals surface area contributed by atoms with Crippen molar-refractivity contribution < 1.29 is 14.3 Å². The third-order valence-corrected chi connectivity index (χ3v) is 6.17. The van der Waals surface area contributed by atoms with Gasteiger partial charge in [0.2, 0.25) is 5.91 Å². The monoisotopic (exact) mass is 442 g/mol. The van der Waals surface area contributed by atoms with Crippen molar-refractivity contribution in [1.29, 1.82) is 0 Å². The van der Waals surface area contributed by atoms with E-state index < -0.39 is 0 Å². The molecular formula is C25H31ClN2O3. The maximum absolute atomic E-state index is 12.5. The van der Waals surface area contributed by atoms with Crippen molar-refractivity contribution in [1.82, 2.24) is 10.6 Å².